The molecule has 1 aromatic heterocycles. The first-order valence-electron chi connectivity index (χ1n) is 7.57. The van der Waals surface area contributed by atoms with E-state index < -0.39 is 10.0 Å². The number of pyridine rings is 1. The maximum atomic E-state index is 13.1. The Morgan fingerprint density at radius 3 is 2.57 bits per heavy atom. The van der Waals surface area contributed by atoms with E-state index in [-0.39, 0.29) is 4.90 Å². The Balaban J connectivity index is 1.79. The van der Waals surface area contributed by atoms with E-state index in [1.54, 1.807) is 22.6 Å². The minimum Gasteiger partial charge on any atom is -0.255 e. The Morgan fingerprint density at radius 2 is 1.70 bits per heavy atom. The molecular formula is C18H16N2O2S. The molecule has 5 heteroatoms. The van der Waals surface area contributed by atoms with Crippen LogP contribution in [0.1, 0.15) is 11.1 Å². The summed E-state index contributed by atoms with van der Waals surface area (Å²) in [5.74, 6) is 0. The SMILES string of the molecule is O=S(=O)(c1cccc2cccnc12)N1CCc2ccccc2C1. The van der Waals surface area contributed by atoms with E-state index in [0.29, 0.717) is 18.6 Å². The van der Waals surface area contributed by atoms with E-state index in [2.05, 4.69) is 11.1 Å². The number of benzene rings is 2. The van der Waals surface area contributed by atoms with Crippen molar-refractivity contribution in [2.75, 3.05) is 6.54 Å². The number of nitrogens with zero attached hydrogens (tertiary/aromatic N) is 2. The number of fused-ring (bicyclic) bond motifs is 2. The lowest BCUT2D eigenvalue weighted by Crippen LogP contribution is -2.36. The molecule has 4 nitrogen and oxygen atoms in total. The number of hydrogen-bond donors (Lipinski definition) is 0. The van der Waals surface area contributed by atoms with Gasteiger partial charge in [0.1, 0.15) is 4.90 Å². The normalized spacial score (nSPS) is 15.5. The maximum absolute atomic E-state index is 13.1. The van der Waals surface area contributed by atoms with Gasteiger partial charge in [0.15, 0.2) is 0 Å². The molecular weight excluding hydrogens is 308 g/mol. The van der Waals surface area contributed by atoms with Gasteiger partial charge in [-0.25, -0.2) is 8.42 Å². The average molecular weight is 324 g/mol. The average Bonchev–Trinajstić information content (AvgIpc) is 2.60. The number of hydrogen-bond acceptors (Lipinski definition) is 3. The molecule has 1 aliphatic heterocycles. The summed E-state index contributed by atoms with van der Waals surface area (Å²) in [7, 11) is -3.56. The first-order valence-corrected chi connectivity index (χ1v) is 9.01. The van der Waals surface area contributed by atoms with Gasteiger partial charge in [0.25, 0.3) is 0 Å². The number of aromatic nitrogens is 1. The predicted molar refractivity (Wildman–Crippen MR) is 89.5 cm³/mol. The summed E-state index contributed by atoms with van der Waals surface area (Å²) in [6.45, 7) is 0.921. The van der Waals surface area contributed by atoms with Crippen molar-refractivity contribution in [3.63, 3.8) is 0 Å². The van der Waals surface area contributed by atoms with Crippen LogP contribution in [-0.2, 0) is 23.0 Å². The summed E-state index contributed by atoms with van der Waals surface area (Å²) in [5.41, 5.74) is 2.85. The molecule has 0 aliphatic carbocycles. The molecule has 0 saturated carbocycles. The van der Waals surface area contributed by atoms with E-state index in [9.17, 15) is 8.42 Å². The minimum atomic E-state index is -3.56. The van der Waals surface area contributed by atoms with Crippen molar-refractivity contribution in [1.82, 2.24) is 9.29 Å². The molecule has 0 radical (unpaired) electrons. The molecule has 23 heavy (non-hydrogen) atoms. The summed E-state index contributed by atoms with van der Waals surface area (Å²) in [5, 5.41) is 0.839. The highest BCUT2D eigenvalue weighted by atomic mass is 32.2. The zero-order chi connectivity index (χ0) is 15.9. The van der Waals surface area contributed by atoms with Crippen molar-refractivity contribution >= 4 is 20.9 Å². The van der Waals surface area contributed by atoms with Gasteiger partial charge >= 0.3 is 0 Å². The second-order valence-electron chi connectivity index (χ2n) is 5.69. The fourth-order valence-electron chi connectivity index (χ4n) is 3.10. The smallest absolute Gasteiger partial charge is 0.245 e. The highest BCUT2D eigenvalue weighted by Crippen LogP contribution is 2.28. The third-order valence-corrected chi connectivity index (χ3v) is 6.19. The number of sulfonamides is 1. The van der Waals surface area contributed by atoms with Gasteiger partial charge in [0.2, 0.25) is 10.0 Å². The Kier molecular flexibility index (Phi) is 3.39. The third-order valence-electron chi connectivity index (χ3n) is 4.31. The van der Waals surface area contributed by atoms with Gasteiger partial charge < -0.3 is 0 Å². The third kappa shape index (κ3) is 2.42. The predicted octanol–water partition coefficient (Wildman–Crippen LogP) is 2.98. The molecule has 0 amide bonds. The first kappa shape index (κ1) is 14.4. The fourth-order valence-corrected chi connectivity index (χ4v) is 4.68. The molecule has 1 aliphatic rings. The van der Waals surface area contributed by atoms with Crippen molar-refractivity contribution in [3.8, 4) is 0 Å². The number of para-hydroxylation sites is 1. The van der Waals surface area contributed by atoms with Crippen LogP contribution in [0.4, 0.5) is 0 Å². The van der Waals surface area contributed by atoms with Gasteiger partial charge in [-0.05, 0) is 29.7 Å². The molecule has 116 valence electrons. The Labute approximate surface area is 135 Å². The van der Waals surface area contributed by atoms with Gasteiger partial charge in [-0.2, -0.15) is 4.31 Å². The molecule has 0 unspecified atom stereocenters. The second-order valence-corrected chi connectivity index (χ2v) is 7.59. The summed E-state index contributed by atoms with van der Waals surface area (Å²) in [6.07, 6.45) is 2.38. The van der Waals surface area contributed by atoms with Gasteiger partial charge in [-0.3, -0.25) is 4.98 Å². The highest BCUT2D eigenvalue weighted by Gasteiger charge is 2.29. The van der Waals surface area contributed by atoms with E-state index >= 15 is 0 Å². The molecule has 2 aromatic carbocycles. The maximum Gasteiger partial charge on any atom is 0.245 e. The van der Waals surface area contributed by atoms with Crippen molar-refractivity contribution in [1.29, 1.82) is 0 Å². The van der Waals surface area contributed by atoms with Crippen LogP contribution < -0.4 is 0 Å². The van der Waals surface area contributed by atoms with Gasteiger partial charge in [0, 0.05) is 24.7 Å². The van der Waals surface area contributed by atoms with Crippen LogP contribution in [0, 0.1) is 0 Å². The zero-order valence-corrected chi connectivity index (χ0v) is 13.3. The van der Waals surface area contributed by atoms with Crippen LogP contribution in [0.5, 0.6) is 0 Å². The van der Waals surface area contributed by atoms with Crippen molar-refractivity contribution in [2.45, 2.75) is 17.9 Å². The lowest BCUT2D eigenvalue weighted by Gasteiger charge is -2.28. The van der Waals surface area contributed by atoms with Gasteiger partial charge in [-0.15, -0.1) is 0 Å². The van der Waals surface area contributed by atoms with Gasteiger partial charge in [-0.1, -0.05) is 42.5 Å². The van der Waals surface area contributed by atoms with Crippen molar-refractivity contribution < 1.29 is 8.42 Å². The minimum absolute atomic E-state index is 0.287. The van der Waals surface area contributed by atoms with E-state index in [4.69, 9.17) is 0 Å². The highest BCUT2D eigenvalue weighted by molar-refractivity contribution is 7.89. The van der Waals surface area contributed by atoms with E-state index in [0.717, 1.165) is 17.4 Å². The van der Waals surface area contributed by atoms with Crippen molar-refractivity contribution in [3.05, 3.63) is 71.9 Å². The summed E-state index contributed by atoms with van der Waals surface area (Å²) in [6, 6.07) is 17.0. The first-order chi connectivity index (χ1) is 11.2. The van der Waals surface area contributed by atoms with Crippen molar-refractivity contribution in [2.24, 2.45) is 0 Å². The van der Waals surface area contributed by atoms with Crippen LogP contribution in [0.15, 0.2) is 65.7 Å². The Bertz CT molecular complexity index is 978. The molecule has 0 spiro atoms. The lowest BCUT2D eigenvalue weighted by molar-refractivity contribution is 0.392. The second kappa shape index (κ2) is 5.44. The van der Waals surface area contributed by atoms with Crippen LogP contribution >= 0.6 is 0 Å². The topological polar surface area (TPSA) is 50.3 Å². The summed E-state index contributed by atoms with van der Waals surface area (Å²) in [4.78, 5) is 4.57. The number of rotatable bonds is 2. The van der Waals surface area contributed by atoms with Crippen LogP contribution in [-0.4, -0.2) is 24.3 Å². The molecule has 3 aromatic rings. The molecule has 0 N–H and O–H groups in total. The molecule has 0 atom stereocenters. The monoisotopic (exact) mass is 324 g/mol. The summed E-state index contributed by atoms with van der Waals surface area (Å²) < 4.78 is 27.7. The molecule has 0 saturated heterocycles. The Morgan fingerprint density at radius 1 is 0.913 bits per heavy atom. The fraction of sp³-hybridized carbons (Fsp3) is 0.167. The molecule has 2 heterocycles. The van der Waals surface area contributed by atoms with E-state index in [1.165, 1.54) is 5.56 Å². The quantitative estimate of drug-likeness (QED) is 0.728. The summed E-state index contributed by atoms with van der Waals surface area (Å²) >= 11 is 0. The van der Waals surface area contributed by atoms with Crippen LogP contribution in [0.3, 0.4) is 0 Å². The molecule has 4 rings (SSSR count). The van der Waals surface area contributed by atoms with Gasteiger partial charge in [0.05, 0.1) is 5.52 Å². The Hall–Kier alpha value is -2.24. The lowest BCUT2D eigenvalue weighted by atomic mass is 10.0. The largest absolute Gasteiger partial charge is 0.255 e. The zero-order valence-electron chi connectivity index (χ0n) is 12.5. The molecule has 0 bridgehead atoms. The van der Waals surface area contributed by atoms with Crippen LogP contribution in [0.2, 0.25) is 0 Å². The van der Waals surface area contributed by atoms with E-state index in [1.807, 2.05) is 36.4 Å². The standard InChI is InChI=1S/C18H16N2O2S/c21-23(22,17-9-3-7-15-8-4-11-19-18(15)17)20-12-10-14-5-1-2-6-16(14)13-20/h1-9,11H,10,12-13H2. The van der Waals surface area contributed by atoms with Crippen LogP contribution in [0.25, 0.3) is 10.9 Å². The molecule has 0 fully saturated rings.